The number of aryl methyl sites for hydroxylation is 2. The molecule has 0 bridgehead atoms. The van der Waals surface area contributed by atoms with Gasteiger partial charge < -0.3 is 10.1 Å². The predicted octanol–water partition coefficient (Wildman–Crippen LogP) is 2.89. The van der Waals surface area contributed by atoms with Gasteiger partial charge in [-0.05, 0) is 39.0 Å². The zero-order valence-corrected chi connectivity index (χ0v) is 14.1. The number of aromatic nitrogens is 3. The van der Waals surface area contributed by atoms with Crippen molar-refractivity contribution >= 4 is 17.4 Å². The molecule has 0 spiro atoms. The van der Waals surface area contributed by atoms with Crippen molar-refractivity contribution in [3.8, 4) is 0 Å². The highest BCUT2D eigenvalue weighted by molar-refractivity contribution is 5.85. The number of nitrogens with zero attached hydrogens (tertiary/aromatic N) is 3. The van der Waals surface area contributed by atoms with Crippen LogP contribution in [0.3, 0.4) is 0 Å². The van der Waals surface area contributed by atoms with Crippen LogP contribution in [-0.2, 0) is 16.0 Å². The maximum Gasteiger partial charge on any atom is 0.331 e. The van der Waals surface area contributed by atoms with Crippen LogP contribution in [-0.4, -0.2) is 33.2 Å². The van der Waals surface area contributed by atoms with Gasteiger partial charge in [-0.15, -0.1) is 0 Å². The zero-order valence-electron chi connectivity index (χ0n) is 14.1. The highest BCUT2D eigenvalue weighted by Gasteiger charge is 2.45. The van der Waals surface area contributed by atoms with Gasteiger partial charge in [-0.2, -0.15) is 9.61 Å². The molecule has 2 heterocycles. The van der Waals surface area contributed by atoms with Gasteiger partial charge in [0.1, 0.15) is 11.4 Å². The second-order valence-electron chi connectivity index (χ2n) is 6.34. The molecule has 2 aromatic heterocycles. The smallest absolute Gasteiger partial charge is 0.331 e. The minimum Gasteiger partial charge on any atom is -0.467 e. The van der Waals surface area contributed by atoms with Gasteiger partial charge in [0, 0.05) is 17.8 Å². The van der Waals surface area contributed by atoms with Gasteiger partial charge in [-0.1, -0.05) is 13.3 Å². The third-order valence-electron chi connectivity index (χ3n) is 4.54. The number of hydrogen-bond acceptors (Lipinski definition) is 5. The average Bonchev–Trinajstić information content (AvgIpc) is 2.90. The molecular weight excluding hydrogens is 292 g/mol. The molecule has 1 aliphatic rings. The van der Waals surface area contributed by atoms with Crippen LogP contribution in [0, 0.1) is 6.92 Å². The Kier molecular flexibility index (Phi) is 4.24. The second-order valence-corrected chi connectivity index (χ2v) is 6.34. The average molecular weight is 316 g/mol. The first-order chi connectivity index (χ1) is 11.1. The Morgan fingerprint density at radius 2 is 2.22 bits per heavy atom. The van der Waals surface area contributed by atoms with Gasteiger partial charge in [0.2, 0.25) is 0 Å². The van der Waals surface area contributed by atoms with E-state index in [-0.39, 0.29) is 5.97 Å². The molecule has 0 saturated heterocycles. The summed E-state index contributed by atoms with van der Waals surface area (Å²) in [6.45, 7) is 4.12. The number of carbonyl (C=O) groups excluding carboxylic acids is 1. The van der Waals surface area contributed by atoms with Crippen LogP contribution in [0.25, 0.3) is 5.65 Å². The fourth-order valence-corrected chi connectivity index (χ4v) is 3.07. The monoisotopic (exact) mass is 316 g/mol. The summed E-state index contributed by atoms with van der Waals surface area (Å²) in [5, 5.41) is 8.04. The number of unbranched alkanes of at least 4 members (excludes halogenated alkanes) is 1. The van der Waals surface area contributed by atoms with E-state index in [0.29, 0.717) is 0 Å². The lowest BCUT2D eigenvalue weighted by Gasteiger charge is -2.40. The van der Waals surface area contributed by atoms with Crippen LogP contribution in [0.1, 0.15) is 50.4 Å². The first kappa shape index (κ1) is 15.8. The number of rotatable bonds is 6. The van der Waals surface area contributed by atoms with Crippen molar-refractivity contribution in [1.82, 2.24) is 14.6 Å². The number of hydrogen-bond donors (Lipinski definition) is 1. The van der Waals surface area contributed by atoms with Crippen molar-refractivity contribution in [1.29, 1.82) is 0 Å². The van der Waals surface area contributed by atoms with Crippen molar-refractivity contribution in [3.05, 3.63) is 23.5 Å². The Bertz CT molecular complexity index is 719. The summed E-state index contributed by atoms with van der Waals surface area (Å²) in [5.74, 6) is 0.602. The van der Waals surface area contributed by atoms with Crippen molar-refractivity contribution in [3.63, 3.8) is 0 Å². The van der Waals surface area contributed by atoms with E-state index in [1.54, 1.807) is 4.52 Å². The molecule has 1 saturated carbocycles. The maximum atomic E-state index is 12.2. The van der Waals surface area contributed by atoms with Crippen LogP contribution < -0.4 is 5.32 Å². The van der Waals surface area contributed by atoms with Crippen molar-refractivity contribution in [2.45, 2.75) is 57.9 Å². The van der Waals surface area contributed by atoms with E-state index in [1.807, 2.05) is 19.1 Å². The molecule has 0 aliphatic heterocycles. The van der Waals surface area contributed by atoms with E-state index in [4.69, 9.17) is 4.74 Å². The molecule has 0 unspecified atom stereocenters. The minimum absolute atomic E-state index is 0.204. The summed E-state index contributed by atoms with van der Waals surface area (Å²) in [6, 6.07) is 3.96. The van der Waals surface area contributed by atoms with E-state index >= 15 is 0 Å². The SMILES string of the molecule is CCCCc1cc2nc(C)cc(NC3(C(=O)OC)CCC3)n2n1. The number of anilines is 1. The summed E-state index contributed by atoms with van der Waals surface area (Å²) >= 11 is 0. The molecule has 1 fully saturated rings. The van der Waals surface area contributed by atoms with Gasteiger partial charge in [-0.3, -0.25) is 0 Å². The standard InChI is InChI=1S/C17H24N4O2/c1-4-5-7-13-11-14-18-12(2)10-15(21(14)20-13)19-17(8-6-9-17)16(22)23-3/h10-11,19H,4-9H2,1-3H3. The number of methoxy groups -OCH3 is 1. The number of fused-ring (bicyclic) bond motifs is 1. The third-order valence-corrected chi connectivity index (χ3v) is 4.54. The Morgan fingerprint density at radius 3 is 2.83 bits per heavy atom. The largest absolute Gasteiger partial charge is 0.467 e. The van der Waals surface area contributed by atoms with Gasteiger partial charge in [0.25, 0.3) is 0 Å². The molecule has 23 heavy (non-hydrogen) atoms. The molecule has 0 amide bonds. The predicted molar refractivity (Wildman–Crippen MR) is 88.6 cm³/mol. The van der Waals surface area contributed by atoms with Gasteiger partial charge in [0.05, 0.1) is 12.8 Å². The molecule has 1 N–H and O–H groups in total. The molecule has 3 rings (SSSR count). The van der Waals surface area contributed by atoms with Crippen molar-refractivity contribution < 1.29 is 9.53 Å². The summed E-state index contributed by atoms with van der Waals surface area (Å²) < 4.78 is 6.79. The molecule has 6 nitrogen and oxygen atoms in total. The van der Waals surface area contributed by atoms with E-state index in [9.17, 15) is 4.79 Å². The van der Waals surface area contributed by atoms with Crippen LogP contribution in [0.4, 0.5) is 5.82 Å². The van der Waals surface area contributed by atoms with Gasteiger partial charge in [0.15, 0.2) is 5.65 Å². The van der Waals surface area contributed by atoms with Gasteiger partial charge in [-0.25, -0.2) is 9.78 Å². The highest BCUT2D eigenvalue weighted by Crippen LogP contribution is 2.36. The van der Waals surface area contributed by atoms with E-state index in [1.165, 1.54) is 7.11 Å². The number of carbonyl (C=O) groups is 1. The number of ether oxygens (including phenoxy) is 1. The van der Waals surface area contributed by atoms with Crippen LogP contribution in [0.5, 0.6) is 0 Å². The summed E-state index contributed by atoms with van der Waals surface area (Å²) in [6.07, 6.45) is 5.78. The summed E-state index contributed by atoms with van der Waals surface area (Å²) in [4.78, 5) is 16.7. The Balaban J connectivity index is 1.96. The number of nitrogens with one attached hydrogen (secondary N) is 1. The maximum absolute atomic E-state index is 12.2. The summed E-state index contributed by atoms with van der Waals surface area (Å²) in [5.41, 5.74) is 2.14. The first-order valence-corrected chi connectivity index (χ1v) is 8.31. The van der Waals surface area contributed by atoms with Crippen molar-refractivity contribution in [2.75, 3.05) is 12.4 Å². The lowest BCUT2D eigenvalue weighted by atomic mass is 9.76. The molecule has 0 atom stereocenters. The van der Waals surface area contributed by atoms with Crippen molar-refractivity contribution in [2.24, 2.45) is 0 Å². The molecule has 2 aromatic rings. The number of esters is 1. The Labute approximate surface area is 136 Å². The fourth-order valence-electron chi connectivity index (χ4n) is 3.07. The second kappa shape index (κ2) is 6.18. The Morgan fingerprint density at radius 1 is 1.43 bits per heavy atom. The normalized spacial score (nSPS) is 16.1. The van der Waals surface area contributed by atoms with Crippen LogP contribution in [0.2, 0.25) is 0 Å². The first-order valence-electron chi connectivity index (χ1n) is 8.31. The van der Waals surface area contributed by atoms with E-state index in [0.717, 1.165) is 61.4 Å². The lowest BCUT2D eigenvalue weighted by Crippen LogP contribution is -2.53. The fraction of sp³-hybridized carbons (Fsp3) is 0.588. The Hall–Kier alpha value is -2.11. The topological polar surface area (TPSA) is 68.5 Å². The van der Waals surface area contributed by atoms with E-state index < -0.39 is 5.54 Å². The summed E-state index contributed by atoms with van der Waals surface area (Å²) in [7, 11) is 1.44. The van der Waals surface area contributed by atoms with Gasteiger partial charge >= 0.3 is 5.97 Å². The molecule has 1 aliphatic carbocycles. The van der Waals surface area contributed by atoms with Crippen LogP contribution in [0.15, 0.2) is 12.1 Å². The molecule has 6 heteroatoms. The lowest BCUT2D eigenvalue weighted by molar-refractivity contribution is -0.149. The molecule has 0 radical (unpaired) electrons. The molecular formula is C17H24N4O2. The zero-order chi connectivity index (χ0) is 16.4. The van der Waals surface area contributed by atoms with Crippen LogP contribution >= 0.6 is 0 Å². The molecule has 124 valence electrons. The molecule has 0 aromatic carbocycles. The third kappa shape index (κ3) is 2.90. The minimum atomic E-state index is -0.620. The highest BCUT2D eigenvalue weighted by atomic mass is 16.5. The quantitative estimate of drug-likeness (QED) is 0.830. The van der Waals surface area contributed by atoms with E-state index in [2.05, 4.69) is 22.3 Å².